The average molecular weight is 345 g/mol. The van der Waals surface area contributed by atoms with Crippen LogP contribution in [0.1, 0.15) is 28.3 Å². The third kappa shape index (κ3) is 4.80. The summed E-state index contributed by atoms with van der Waals surface area (Å²) in [5.74, 6) is 0.0464. The number of hydrogen-bond acceptors (Lipinski definition) is 1. The highest BCUT2D eigenvalue weighted by atomic mass is 16.1. The number of amides is 1. The number of nitrogens with two attached hydrogens (primary N) is 1. The summed E-state index contributed by atoms with van der Waals surface area (Å²) in [6.07, 6.45) is 0. The van der Waals surface area contributed by atoms with Gasteiger partial charge in [-0.2, -0.15) is 0 Å². The van der Waals surface area contributed by atoms with Gasteiger partial charge in [-0.1, -0.05) is 84.9 Å². The van der Waals surface area contributed by atoms with Crippen LogP contribution in [0.5, 0.6) is 0 Å². The SMILES string of the molecule is Cc1ccccc1CNC(=O)C[NH2+]C(c1ccccc1)c1ccccc1. The lowest BCUT2D eigenvalue weighted by molar-refractivity contribution is -0.676. The number of aryl methyl sites for hydroxylation is 1. The number of carbonyl (C=O) groups excluding carboxylic acids is 1. The van der Waals surface area contributed by atoms with Gasteiger partial charge in [0, 0.05) is 17.7 Å². The Labute approximate surface area is 155 Å². The fraction of sp³-hybridized carbons (Fsp3) is 0.174. The van der Waals surface area contributed by atoms with Gasteiger partial charge in [0.15, 0.2) is 6.54 Å². The fourth-order valence-corrected chi connectivity index (χ4v) is 3.08. The highest BCUT2D eigenvalue weighted by Crippen LogP contribution is 2.17. The van der Waals surface area contributed by atoms with E-state index in [9.17, 15) is 4.79 Å². The summed E-state index contributed by atoms with van der Waals surface area (Å²) in [5.41, 5.74) is 4.75. The van der Waals surface area contributed by atoms with Gasteiger partial charge < -0.3 is 10.6 Å². The molecule has 3 aromatic rings. The molecule has 0 fully saturated rings. The lowest BCUT2D eigenvalue weighted by Crippen LogP contribution is -2.87. The van der Waals surface area contributed by atoms with Crippen LogP contribution in [-0.2, 0) is 11.3 Å². The van der Waals surface area contributed by atoms with Gasteiger partial charge in [-0.05, 0) is 18.1 Å². The normalized spacial score (nSPS) is 10.7. The van der Waals surface area contributed by atoms with Gasteiger partial charge >= 0.3 is 0 Å². The van der Waals surface area contributed by atoms with Crippen molar-refractivity contribution in [3.05, 3.63) is 107 Å². The maximum absolute atomic E-state index is 12.4. The highest BCUT2D eigenvalue weighted by molar-refractivity contribution is 5.76. The first-order valence-electron chi connectivity index (χ1n) is 8.98. The van der Waals surface area contributed by atoms with E-state index in [4.69, 9.17) is 0 Å². The molecular weight excluding hydrogens is 320 g/mol. The first-order chi connectivity index (χ1) is 12.7. The summed E-state index contributed by atoms with van der Waals surface area (Å²) in [7, 11) is 0. The molecule has 0 radical (unpaired) electrons. The number of rotatable bonds is 7. The van der Waals surface area contributed by atoms with Crippen LogP contribution in [-0.4, -0.2) is 12.5 Å². The minimum Gasteiger partial charge on any atom is -0.347 e. The second-order valence-corrected chi connectivity index (χ2v) is 6.44. The lowest BCUT2D eigenvalue weighted by Gasteiger charge is -2.16. The maximum atomic E-state index is 12.4. The summed E-state index contributed by atoms with van der Waals surface area (Å²) < 4.78 is 0. The van der Waals surface area contributed by atoms with Crippen molar-refractivity contribution >= 4 is 5.91 Å². The molecule has 0 saturated heterocycles. The molecule has 0 unspecified atom stereocenters. The van der Waals surface area contributed by atoms with Gasteiger partial charge in [-0.15, -0.1) is 0 Å². The molecule has 0 aliphatic rings. The molecule has 0 saturated carbocycles. The van der Waals surface area contributed by atoms with Gasteiger partial charge in [0.2, 0.25) is 0 Å². The molecule has 3 N–H and O–H groups in total. The standard InChI is InChI=1S/C23H24N2O/c1-18-10-8-9-15-21(18)16-24-22(26)17-25-23(19-11-4-2-5-12-19)20-13-6-3-7-14-20/h2-15,23,25H,16-17H2,1H3,(H,24,26)/p+1. The minimum absolute atomic E-state index is 0.0464. The van der Waals surface area contributed by atoms with Crippen LogP contribution >= 0.6 is 0 Å². The third-order valence-electron chi connectivity index (χ3n) is 4.59. The van der Waals surface area contributed by atoms with E-state index in [1.54, 1.807) is 0 Å². The van der Waals surface area contributed by atoms with Crippen LogP contribution in [0.3, 0.4) is 0 Å². The van der Waals surface area contributed by atoms with Crippen molar-refractivity contribution < 1.29 is 10.1 Å². The summed E-state index contributed by atoms with van der Waals surface area (Å²) >= 11 is 0. The third-order valence-corrected chi connectivity index (χ3v) is 4.59. The van der Waals surface area contributed by atoms with E-state index in [0.29, 0.717) is 13.1 Å². The Kier molecular flexibility index (Phi) is 6.18. The van der Waals surface area contributed by atoms with E-state index in [-0.39, 0.29) is 11.9 Å². The van der Waals surface area contributed by atoms with Crippen LogP contribution in [0.2, 0.25) is 0 Å². The van der Waals surface area contributed by atoms with E-state index >= 15 is 0 Å². The molecule has 0 spiro atoms. The summed E-state index contributed by atoms with van der Waals surface area (Å²) in [4.78, 5) is 12.4. The first kappa shape index (κ1) is 17.9. The van der Waals surface area contributed by atoms with Crippen molar-refractivity contribution in [2.24, 2.45) is 0 Å². The monoisotopic (exact) mass is 345 g/mol. The van der Waals surface area contributed by atoms with E-state index in [1.165, 1.54) is 16.7 Å². The summed E-state index contributed by atoms with van der Waals surface area (Å²) in [5, 5.41) is 5.12. The number of carbonyl (C=O) groups is 1. The molecule has 0 heterocycles. The molecule has 132 valence electrons. The van der Waals surface area contributed by atoms with Gasteiger partial charge in [-0.3, -0.25) is 4.79 Å². The molecule has 3 heteroatoms. The quantitative estimate of drug-likeness (QED) is 0.679. The molecule has 26 heavy (non-hydrogen) atoms. The molecule has 0 aliphatic carbocycles. The second-order valence-electron chi connectivity index (χ2n) is 6.44. The van der Waals surface area contributed by atoms with Crippen LogP contribution in [0.25, 0.3) is 0 Å². The lowest BCUT2D eigenvalue weighted by atomic mass is 9.99. The van der Waals surface area contributed by atoms with Crippen molar-refractivity contribution in [2.75, 3.05) is 6.54 Å². The smallest absolute Gasteiger partial charge is 0.275 e. The Hall–Kier alpha value is -2.91. The van der Waals surface area contributed by atoms with Crippen LogP contribution in [0.4, 0.5) is 0 Å². The Morgan fingerprint density at radius 2 is 1.38 bits per heavy atom. The Bertz CT molecular complexity index is 792. The number of nitrogens with one attached hydrogen (secondary N) is 1. The molecule has 0 atom stereocenters. The first-order valence-corrected chi connectivity index (χ1v) is 8.98. The van der Waals surface area contributed by atoms with E-state index in [0.717, 1.165) is 5.56 Å². The number of benzene rings is 3. The van der Waals surface area contributed by atoms with Crippen molar-refractivity contribution in [2.45, 2.75) is 19.5 Å². The van der Waals surface area contributed by atoms with Gasteiger partial charge in [0.25, 0.3) is 5.91 Å². The van der Waals surface area contributed by atoms with E-state index in [1.807, 2.05) is 48.5 Å². The Morgan fingerprint density at radius 3 is 1.96 bits per heavy atom. The zero-order chi connectivity index (χ0) is 18.2. The van der Waals surface area contributed by atoms with Crippen LogP contribution < -0.4 is 10.6 Å². The zero-order valence-electron chi connectivity index (χ0n) is 15.1. The summed E-state index contributed by atoms with van der Waals surface area (Å²) in [6, 6.07) is 28.9. The number of hydrogen-bond donors (Lipinski definition) is 2. The predicted molar refractivity (Wildman–Crippen MR) is 105 cm³/mol. The zero-order valence-corrected chi connectivity index (χ0v) is 15.1. The Balaban J connectivity index is 1.63. The van der Waals surface area contributed by atoms with Crippen LogP contribution in [0.15, 0.2) is 84.9 Å². The largest absolute Gasteiger partial charge is 0.347 e. The minimum atomic E-state index is 0.0464. The fourth-order valence-electron chi connectivity index (χ4n) is 3.08. The predicted octanol–water partition coefficient (Wildman–Crippen LogP) is 2.96. The van der Waals surface area contributed by atoms with Crippen molar-refractivity contribution in [1.82, 2.24) is 5.32 Å². The molecule has 3 nitrogen and oxygen atoms in total. The average Bonchev–Trinajstić information content (AvgIpc) is 2.69. The molecule has 1 amide bonds. The number of quaternary nitrogens is 1. The Morgan fingerprint density at radius 1 is 0.846 bits per heavy atom. The molecule has 0 bridgehead atoms. The van der Waals surface area contributed by atoms with E-state index < -0.39 is 0 Å². The maximum Gasteiger partial charge on any atom is 0.275 e. The molecule has 3 aromatic carbocycles. The van der Waals surface area contributed by atoms with Crippen molar-refractivity contribution in [1.29, 1.82) is 0 Å². The topological polar surface area (TPSA) is 45.7 Å². The van der Waals surface area contributed by atoms with E-state index in [2.05, 4.69) is 54.0 Å². The van der Waals surface area contributed by atoms with Crippen molar-refractivity contribution in [3.63, 3.8) is 0 Å². The van der Waals surface area contributed by atoms with Crippen LogP contribution in [0, 0.1) is 6.92 Å². The van der Waals surface area contributed by atoms with Gasteiger partial charge in [0.1, 0.15) is 6.04 Å². The van der Waals surface area contributed by atoms with Gasteiger partial charge in [0.05, 0.1) is 0 Å². The molecule has 0 aliphatic heterocycles. The highest BCUT2D eigenvalue weighted by Gasteiger charge is 2.18. The van der Waals surface area contributed by atoms with Crippen molar-refractivity contribution in [3.8, 4) is 0 Å². The summed E-state index contributed by atoms with van der Waals surface area (Å²) in [6.45, 7) is 3.02. The molecular formula is C23H25N2O+. The molecule has 3 rings (SSSR count). The second kappa shape index (κ2) is 8.97. The van der Waals surface area contributed by atoms with Gasteiger partial charge in [-0.25, -0.2) is 0 Å². The molecule has 0 aromatic heterocycles.